The molecule has 1 aliphatic heterocycles. The Labute approximate surface area is 145 Å². The summed E-state index contributed by atoms with van der Waals surface area (Å²) in [6.45, 7) is 4.68. The van der Waals surface area contributed by atoms with Gasteiger partial charge in [-0.2, -0.15) is 0 Å². The lowest BCUT2D eigenvalue weighted by atomic mass is 10.2. The first kappa shape index (κ1) is 15.2. The number of halogens is 1. The SMILES string of the molecule is Clc1ccc(CN2CCN(c3ccc4nccnc4n3)CC2)nc1. The van der Waals surface area contributed by atoms with Gasteiger partial charge in [-0.05, 0) is 24.3 Å². The second kappa shape index (κ2) is 6.67. The van der Waals surface area contributed by atoms with E-state index in [2.05, 4.69) is 29.7 Å². The van der Waals surface area contributed by atoms with E-state index in [1.165, 1.54) is 0 Å². The van der Waals surface area contributed by atoms with Crippen molar-refractivity contribution in [1.29, 1.82) is 0 Å². The molecule has 0 saturated carbocycles. The van der Waals surface area contributed by atoms with Crippen LogP contribution in [-0.2, 0) is 6.54 Å². The second-order valence-electron chi connectivity index (χ2n) is 5.80. The van der Waals surface area contributed by atoms with Crippen LogP contribution in [-0.4, -0.2) is 51.0 Å². The smallest absolute Gasteiger partial charge is 0.180 e. The summed E-state index contributed by atoms with van der Waals surface area (Å²) in [5.74, 6) is 0.965. The normalized spacial score (nSPS) is 15.8. The van der Waals surface area contributed by atoms with Crippen LogP contribution in [0.2, 0.25) is 5.02 Å². The minimum absolute atomic E-state index is 0.675. The van der Waals surface area contributed by atoms with Crippen molar-refractivity contribution >= 4 is 28.6 Å². The van der Waals surface area contributed by atoms with Crippen LogP contribution in [0.15, 0.2) is 42.9 Å². The topological polar surface area (TPSA) is 58.0 Å². The predicted octanol–water partition coefficient (Wildman–Crippen LogP) is 2.40. The van der Waals surface area contributed by atoms with Gasteiger partial charge in [-0.15, -0.1) is 0 Å². The number of fused-ring (bicyclic) bond motifs is 1. The summed E-state index contributed by atoms with van der Waals surface area (Å²) in [4.78, 5) is 22.2. The first-order chi connectivity index (χ1) is 11.8. The largest absolute Gasteiger partial charge is 0.354 e. The third-order valence-corrected chi connectivity index (χ3v) is 4.41. The summed E-state index contributed by atoms with van der Waals surface area (Å²) >= 11 is 5.88. The molecule has 6 nitrogen and oxygen atoms in total. The zero-order valence-electron chi connectivity index (χ0n) is 13.1. The number of aromatic nitrogens is 4. The van der Waals surface area contributed by atoms with Crippen molar-refractivity contribution in [1.82, 2.24) is 24.8 Å². The molecular weight excluding hydrogens is 324 g/mol. The number of piperazine rings is 1. The van der Waals surface area contributed by atoms with Crippen molar-refractivity contribution in [2.45, 2.75) is 6.54 Å². The Morgan fingerprint density at radius 2 is 1.75 bits per heavy atom. The van der Waals surface area contributed by atoms with E-state index >= 15 is 0 Å². The van der Waals surface area contributed by atoms with E-state index in [4.69, 9.17) is 11.6 Å². The van der Waals surface area contributed by atoms with Crippen molar-refractivity contribution in [3.8, 4) is 0 Å². The summed E-state index contributed by atoms with van der Waals surface area (Å²) in [5, 5.41) is 0.675. The van der Waals surface area contributed by atoms with E-state index in [0.29, 0.717) is 10.7 Å². The van der Waals surface area contributed by atoms with Crippen LogP contribution in [0.1, 0.15) is 5.69 Å². The number of hydrogen-bond acceptors (Lipinski definition) is 6. The maximum Gasteiger partial charge on any atom is 0.180 e. The summed E-state index contributed by atoms with van der Waals surface area (Å²) in [7, 11) is 0. The van der Waals surface area contributed by atoms with Crippen LogP contribution in [0, 0.1) is 0 Å². The van der Waals surface area contributed by atoms with Crippen LogP contribution in [0.5, 0.6) is 0 Å². The molecule has 0 amide bonds. The van der Waals surface area contributed by atoms with Crippen molar-refractivity contribution in [2.24, 2.45) is 0 Å². The minimum Gasteiger partial charge on any atom is -0.354 e. The maximum absolute atomic E-state index is 5.88. The highest BCUT2D eigenvalue weighted by Gasteiger charge is 2.18. The zero-order valence-corrected chi connectivity index (χ0v) is 13.9. The Morgan fingerprint density at radius 1 is 0.917 bits per heavy atom. The monoisotopic (exact) mass is 340 g/mol. The molecule has 3 aromatic rings. The van der Waals surface area contributed by atoms with E-state index in [9.17, 15) is 0 Å². The highest BCUT2D eigenvalue weighted by Crippen LogP contribution is 2.17. The summed E-state index contributed by atoms with van der Waals surface area (Å²) in [6, 6.07) is 7.88. The van der Waals surface area contributed by atoms with Crippen LogP contribution in [0.25, 0.3) is 11.2 Å². The molecule has 0 radical (unpaired) electrons. The van der Waals surface area contributed by atoms with E-state index in [1.54, 1.807) is 18.6 Å². The number of anilines is 1. The molecule has 1 aliphatic rings. The molecule has 1 fully saturated rings. The Hall–Kier alpha value is -2.31. The molecule has 3 aromatic heterocycles. The van der Waals surface area contributed by atoms with Crippen molar-refractivity contribution in [3.05, 3.63) is 53.6 Å². The van der Waals surface area contributed by atoms with Gasteiger partial charge >= 0.3 is 0 Å². The Bertz CT molecular complexity index is 830. The van der Waals surface area contributed by atoms with Gasteiger partial charge < -0.3 is 4.90 Å². The van der Waals surface area contributed by atoms with Gasteiger partial charge in [-0.25, -0.2) is 9.97 Å². The number of rotatable bonds is 3. The molecule has 0 bridgehead atoms. The molecule has 1 saturated heterocycles. The fourth-order valence-corrected chi connectivity index (χ4v) is 3.00. The van der Waals surface area contributed by atoms with E-state index < -0.39 is 0 Å². The van der Waals surface area contributed by atoms with Gasteiger partial charge in [0.1, 0.15) is 11.3 Å². The van der Waals surface area contributed by atoms with Crippen LogP contribution in [0.4, 0.5) is 5.82 Å². The molecule has 7 heteroatoms. The minimum atomic E-state index is 0.675. The van der Waals surface area contributed by atoms with Gasteiger partial charge in [-0.3, -0.25) is 14.9 Å². The van der Waals surface area contributed by atoms with Crippen molar-refractivity contribution in [2.75, 3.05) is 31.1 Å². The van der Waals surface area contributed by atoms with Gasteiger partial charge in [0, 0.05) is 51.3 Å². The quantitative estimate of drug-likeness (QED) is 0.729. The van der Waals surface area contributed by atoms with Crippen molar-refractivity contribution in [3.63, 3.8) is 0 Å². The fourth-order valence-electron chi connectivity index (χ4n) is 2.88. The third-order valence-electron chi connectivity index (χ3n) is 4.19. The van der Waals surface area contributed by atoms with Crippen LogP contribution in [0.3, 0.4) is 0 Å². The maximum atomic E-state index is 5.88. The number of hydrogen-bond donors (Lipinski definition) is 0. The molecular formula is C17H17ClN6. The fraction of sp³-hybridized carbons (Fsp3) is 0.294. The molecule has 122 valence electrons. The second-order valence-corrected chi connectivity index (χ2v) is 6.24. The lowest BCUT2D eigenvalue weighted by molar-refractivity contribution is 0.246. The first-order valence-corrected chi connectivity index (χ1v) is 8.31. The molecule has 0 N–H and O–H groups in total. The summed E-state index contributed by atoms with van der Waals surface area (Å²) in [5.41, 5.74) is 2.57. The highest BCUT2D eigenvalue weighted by atomic mass is 35.5. The summed E-state index contributed by atoms with van der Waals surface area (Å²) < 4.78 is 0. The zero-order chi connectivity index (χ0) is 16.4. The number of pyridine rings is 2. The van der Waals surface area contributed by atoms with Crippen LogP contribution >= 0.6 is 11.6 Å². The molecule has 0 aromatic carbocycles. The van der Waals surface area contributed by atoms with Gasteiger partial charge in [0.25, 0.3) is 0 Å². The number of nitrogens with zero attached hydrogens (tertiary/aromatic N) is 6. The molecule has 0 aliphatic carbocycles. The lowest BCUT2D eigenvalue weighted by Gasteiger charge is -2.35. The van der Waals surface area contributed by atoms with E-state index in [-0.39, 0.29) is 0 Å². The lowest BCUT2D eigenvalue weighted by Crippen LogP contribution is -2.46. The van der Waals surface area contributed by atoms with Crippen LogP contribution < -0.4 is 4.90 Å². The molecule has 0 unspecified atom stereocenters. The molecule has 4 rings (SSSR count). The van der Waals surface area contributed by atoms with Gasteiger partial charge in [-0.1, -0.05) is 11.6 Å². The molecule has 0 spiro atoms. The van der Waals surface area contributed by atoms with Crippen molar-refractivity contribution < 1.29 is 0 Å². The molecule has 0 atom stereocenters. The highest BCUT2D eigenvalue weighted by molar-refractivity contribution is 6.30. The average Bonchev–Trinajstić information content (AvgIpc) is 2.64. The third kappa shape index (κ3) is 3.29. The Morgan fingerprint density at radius 3 is 2.54 bits per heavy atom. The first-order valence-electron chi connectivity index (χ1n) is 7.93. The molecule has 4 heterocycles. The van der Waals surface area contributed by atoms with Gasteiger partial charge in [0.05, 0.1) is 10.7 Å². The van der Waals surface area contributed by atoms with Gasteiger partial charge in [0.2, 0.25) is 0 Å². The standard InChI is InChI=1S/C17H17ClN6/c18-13-1-2-14(21-11-13)12-23-7-9-24(10-8-23)16-4-3-15-17(22-16)20-6-5-19-15/h1-6,11H,7-10,12H2. The molecule has 24 heavy (non-hydrogen) atoms. The van der Waals surface area contributed by atoms with E-state index in [0.717, 1.165) is 49.8 Å². The average molecular weight is 341 g/mol. The summed E-state index contributed by atoms with van der Waals surface area (Å²) in [6.07, 6.45) is 5.07. The Balaban J connectivity index is 1.40. The van der Waals surface area contributed by atoms with Gasteiger partial charge in [0.15, 0.2) is 5.65 Å². The Kier molecular flexibility index (Phi) is 4.23. The predicted molar refractivity (Wildman–Crippen MR) is 94.1 cm³/mol. The van der Waals surface area contributed by atoms with E-state index in [1.807, 2.05) is 24.3 Å².